The molecule has 0 aliphatic rings. The molecule has 96 valence electrons. The van der Waals surface area contributed by atoms with Gasteiger partial charge in [0.05, 0.1) is 18.8 Å². The van der Waals surface area contributed by atoms with Crippen LogP contribution in [0.25, 0.3) is 0 Å². The van der Waals surface area contributed by atoms with Gasteiger partial charge in [-0.3, -0.25) is 0 Å². The third kappa shape index (κ3) is 3.66. The molecule has 0 radical (unpaired) electrons. The van der Waals surface area contributed by atoms with E-state index in [1.54, 1.807) is 0 Å². The summed E-state index contributed by atoms with van der Waals surface area (Å²) >= 11 is 0. The summed E-state index contributed by atoms with van der Waals surface area (Å²) in [5, 5.41) is 9.86. The molecular formula is C13H18F2O2. The fraction of sp³-hybridized carbons (Fsp3) is 0.538. The summed E-state index contributed by atoms with van der Waals surface area (Å²) in [7, 11) is 1.33. The maximum absolute atomic E-state index is 13.6. The molecule has 0 saturated carbocycles. The first-order valence-electron chi connectivity index (χ1n) is 5.45. The highest BCUT2D eigenvalue weighted by Gasteiger charge is 2.24. The van der Waals surface area contributed by atoms with Crippen LogP contribution in [0.5, 0.6) is 5.75 Å². The maximum atomic E-state index is 13.6. The number of aliphatic hydroxyl groups excluding tert-OH is 1. The van der Waals surface area contributed by atoms with Gasteiger partial charge in [-0.25, -0.2) is 8.78 Å². The van der Waals surface area contributed by atoms with Gasteiger partial charge in [-0.2, -0.15) is 0 Å². The lowest BCUT2D eigenvalue weighted by Gasteiger charge is -2.23. The van der Waals surface area contributed by atoms with E-state index in [1.807, 2.05) is 20.8 Å². The fourth-order valence-corrected chi connectivity index (χ4v) is 1.68. The quantitative estimate of drug-likeness (QED) is 0.882. The Morgan fingerprint density at radius 2 is 1.71 bits per heavy atom. The van der Waals surface area contributed by atoms with Crippen molar-refractivity contribution in [3.05, 3.63) is 29.3 Å². The van der Waals surface area contributed by atoms with Crippen LogP contribution in [0.3, 0.4) is 0 Å². The molecular weight excluding hydrogens is 226 g/mol. The van der Waals surface area contributed by atoms with Crippen molar-refractivity contribution in [2.24, 2.45) is 5.41 Å². The van der Waals surface area contributed by atoms with E-state index in [1.165, 1.54) is 7.11 Å². The molecule has 0 aliphatic heterocycles. The van der Waals surface area contributed by atoms with E-state index in [2.05, 4.69) is 0 Å². The molecule has 1 unspecified atom stereocenters. The van der Waals surface area contributed by atoms with Crippen molar-refractivity contribution in [3.63, 3.8) is 0 Å². The normalized spacial score (nSPS) is 13.6. The van der Waals surface area contributed by atoms with E-state index < -0.39 is 17.7 Å². The maximum Gasteiger partial charge on any atom is 0.135 e. The second kappa shape index (κ2) is 5.00. The molecule has 1 N–H and O–H groups in total. The summed E-state index contributed by atoms with van der Waals surface area (Å²) in [6.45, 7) is 5.70. The van der Waals surface area contributed by atoms with Gasteiger partial charge in [-0.15, -0.1) is 0 Å². The highest BCUT2D eigenvalue weighted by Crippen LogP contribution is 2.33. The van der Waals surface area contributed by atoms with Crippen molar-refractivity contribution in [2.75, 3.05) is 7.11 Å². The predicted molar refractivity (Wildman–Crippen MR) is 61.9 cm³/mol. The first-order valence-corrected chi connectivity index (χ1v) is 5.45. The Balaban J connectivity index is 3.06. The first kappa shape index (κ1) is 13.9. The zero-order chi connectivity index (χ0) is 13.2. The molecule has 0 amide bonds. The summed E-state index contributed by atoms with van der Waals surface area (Å²) in [4.78, 5) is 0. The van der Waals surface area contributed by atoms with E-state index in [0.717, 1.165) is 12.1 Å². The van der Waals surface area contributed by atoms with Crippen LogP contribution in [-0.4, -0.2) is 12.2 Å². The summed E-state index contributed by atoms with van der Waals surface area (Å²) in [5.41, 5.74) is -0.501. The molecule has 1 atom stereocenters. The Hall–Kier alpha value is -1.16. The van der Waals surface area contributed by atoms with Crippen molar-refractivity contribution in [1.29, 1.82) is 0 Å². The molecule has 0 heterocycles. The molecule has 0 fully saturated rings. The minimum atomic E-state index is -1.15. The van der Waals surface area contributed by atoms with Crippen LogP contribution in [0.15, 0.2) is 12.1 Å². The SMILES string of the molecule is COc1cc(F)c(C(O)CC(C)(C)C)c(F)c1. The number of benzene rings is 1. The lowest BCUT2D eigenvalue weighted by atomic mass is 9.86. The largest absolute Gasteiger partial charge is 0.497 e. The first-order chi connectivity index (χ1) is 7.74. The van der Waals surface area contributed by atoms with Gasteiger partial charge >= 0.3 is 0 Å². The minimum absolute atomic E-state index is 0.103. The molecule has 1 aromatic carbocycles. The van der Waals surface area contributed by atoms with Crippen LogP contribution in [-0.2, 0) is 0 Å². The number of halogens is 2. The second-order valence-electron chi connectivity index (χ2n) is 5.29. The summed E-state index contributed by atoms with van der Waals surface area (Å²) in [6, 6.07) is 2.15. The average molecular weight is 244 g/mol. The Labute approximate surface area is 100 Å². The monoisotopic (exact) mass is 244 g/mol. The lowest BCUT2D eigenvalue weighted by Crippen LogP contribution is -2.14. The Morgan fingerprint density at radius 3 is 2.06 bits per heavy atom. The van der Waals surface area contributed by atoms with Crippen molar-refractivity contribution in [1.82, 2.24) is 0 Å². The third-order valence-corrected chi connectivity index (χ3v) is 2.43. The molecule has 0 aliphatic carbocycles. The second-order valence-corrected chi connectivity index (χ2v) is 5.29. The van der Waals surface area contributed by atoms with Gasteiger partial charge in [0.1, 0.15) is 17.4 Å². The van der Waals surface area contributed by atoms with Gasteiger partial charge in [-0.05, 0) is 11.8 Å². The number of hydrogen-bond donors (Lipinski definition) is 1. The topological polar surface area (TPSA) is 29.5 Å². The summed E-state index contributed by atoms with van der Waals surface area (Å²) < 4.78 is 32.0. The Morgan fingerprint density at radius 1 is 1.24 bits per heavy atom. The van der Waals surface area contributed by atoms with Crippen LogP contribution < -0.4 is 4.74 Å². The third-order valence-electron chi connectivity index (χ3n) is 2.43. The number of methoxy groups -OCH3 is 1. The number of hydrogen-bond acceptors (Lipinski definition) is 2. The smallest absolute Gasteiger partial charge is 0.135 e. The number of ether oxygens (including phenoxy) is 1. The zero-order valence-electron chi connectivity index (χ0n) is 10.6. The molecule has 0 aromatic heterocycles. The van der Waals surface area contributed by atoms with Crippen LogP contribution in [0.2, 0.25) is 0 Å². The van der Waals surface area contributed by atoms with Crippen molar-refractivity contribution < 1.29 is 18.6 Å². The molecule has 1 rings (SSSR count). The Bertz CT molecular complexity index is 374. The zero-order valence-corrected chi connectivity index (χ0v) is 10.6. The van der Waals surface area contributed by atoms with E-state index in [0.29, 0.717) is 0 Å². The molecule has 0 spiro atoms. The molecule has 2 nitrogen and oxygen atoms in total. The standard InChI is InChI=1S/C13H18F2O2/c1-13(2,3)7-11(16)12-9(14)5-8(17-4)6-10(12)15/h5-6,11,16H,7H2,1-4H3. The highest BCUT2D eigenvalue weighted by atomic mass is 19.1. The Kier molecular flexibility index (Phi) is 4.09. The average Bonchev–Trinajstić information content (AvgIpc) is 2.13. The minimum Gasteiger partial charge on any atom is -0.497 e. The van der Waals surface area contributed by atoms with E-state index in [4.69, 9.17) is 4.74 Å². The molecule has 4 heteroatoms. The highest BCUT2D eigenvalue weighted by molar-refractivity contribution is 5.31. The number of rotatable bonds is 3. The number of aliphatic hydroxyl groups is 1. The van der Waals surface area contributed by atoms with Crippen LogP contribution in [0.1, 0.15) is 38.9 Å². The summed E-state index contributed by atoms with van der Waals surface area (Å²) in [5.74, 6) is -1.45. The van der Waals surface area contributed by atoms with E-state index in [9.17, 15) is 13.9 Å². The molecule has 1 aromatic rings. The molecule has 0 bridgehead atoms. The predicted octanol–water partition coefficient (Wildman–Crippen LogP) is 3.44. The molecule has 0 saturated heterocycles. The van der Waals surface area contributed by atoms with Gasteiger partial charge in [-0.1, -0.05) is 20.8 Å². The molecule has 17 heavy (non-hydrogen) atoms. The van der Waals surface area contributed by atoms with Crippen LogP contribution in [0, 0.1) is 17.0 Å². The van der Waals surface area contributed by atoms with Gasteiger partial charge in [0, 0.05) is 12.1 Å². The van der Waals surface area contributed by atoms with E-state index in [-0.39, 0.29) is 23.1 Å². The van der Waals surface area contributed by atoms with Crippen LogP contribution >= 0.6 is 0 Å². The summed E-state index contributed by atoms with van der Waals surface area (Å²) in [6.07, 6.45) is -0.867. The van der Waals surface area contributed by atoms with Gasteiger partial charge < -0.3 is 9.84 Å². The van der Waals surface area contributed by atoms with Crippen molar-refractivity contribution in [2.45, 2.75) is 33.3 Å². The van der Waals surface area contributed by atoms with Gasteiger partial charge in [0.25, 0.3) is 0 Å². The van der Waals surface area contributed by atoms with Gasteiger partial charge in [0.2, 0.25) is 0 Å². The van der Waals surface area contributed by atoms with Gasteiger partial charge in [0.15, 0.2) is 0 Å². The van der Waals surface area contributed by atoms with Crippen molar-refractivity contribution >= 4 is 0 Å². The van der Waals surface area contributed by atoms with Crippen molar-refractivity contribution in [3.8, 4) is 5.75 Å². The van der Waals surface area contributed by atoms with E-state index >= 15 is 0 Å². The van der Waals surface area contributed by atoms with Crippen LogP contribution in [0.4, 0.5) is 8.78 Å². The lowest BCUT2D eigenvalue weighted by molar-refractivity contribution is 0.115. The fourth-order valence-electron chi connectivity index (χ4n) is 1.68.